The second kappa shape index (κ2) is 4.18. The van der Waals surface area contributed by atoms with Crippen molar-refractivity contribution in [2.24, 2.45) is 0 Å². The fourth-order valence-electron chi connectivity index (χ4n) is 0.402. The smallest absolute Gasteiger partial charge is 0.190 e. The van der Waals surface area contributed by atoms with Crippen molar-refractivity contribution in [3.05, 3.63) is 0 Å². The number of hydrogen-bond acceptors (Lipinski definition) is 1. The van der Waals surface area contributed by atoms with Gasteiger partial charge in [-0.3, -0.25) is 5.41 Å². The lowest BCUT2D eigenvalue weighted by atomic mass is 10.5. The first kappa shape index (κ1) is 8.27. The summed E-state index contributed by atoms with van der Waals surface area (Å²) < 4.78 is 0. The predicted molar refractivity (Wildman–Crippen MR) is 39.7 cm³/mol. The molecule has 3 heteroatoms. The molecule has 0 spiro atoms. The molecule has 9 heavy (non-hydrogen) atoms. The largest absolute Gasteiger partial charge is 0.356 e. The van der Waals surface area contributed by atoms with Crippen LogP contribution in [0, 0.1) is 5.41 Å². The Bertz CT molecular complexity index is 88.3. The van der Waals surface area contributed by atoms with Gasteiger partial charge in [0, 0.05) is 20.6 Å². The van der Waals surface area contributed by atoms with E-state index in [1.807, 2.05) is 14.1 Å². The molecule has 54 valence electrons. The molecular formula is C6H15N3. The molecular weight excluding hydrogens is 114 g/mol. The average molecular weight is 129 g/mol. The second-order valence-corrected chi connectivity index (χ2v) is 2.17. The summed E-state index contributed by atoms with van der Waals surface area (Å²) >= 11 is 0. The van der Waals surface area contributed by atoms with Gasteiger partial charge in [0.1, 0.15) is 0 Å². The Balaban J connectivity index is 3.28. The minimum absolute atomic E-state index is 0.483. The third kappa shape index (κ3) is 3.82. The SMILES string of the molecule is CCCNC(=N)N(C)C. The van der Waals surface area contributed by atoms with E-state index < -0.39 is 0 Å². The summed E-state index contributed by atoms with van der Waals surface area (Å²) in [6, 6.07) is 0. The second-order valence-electron chi connectivity index (χ2n) is 2.17. The van der Waals surface area contributed by atoms with Gasteiger partial charge >= 0.3 is 0 Å². The highest BCUT2D eigenvalue weighted by Gasteiger charge is 1.93. The minimum Gasteiger partial charge on any atom is -0.356 e. The van der Waals surface area contributed by atoms with Gasteiger partial charge in [-0.2, -0.15) is 0 Å². The van der Waals surface area contributed by atoms with E-state index in [1.54, 1.807) is 4.90 Å². The van der Waals surface area contributed by atoms with Crippen LogP contribution in [0.2, 0.25) is 0 Å². The molecule has 0 aromatic carbocycles. The van der Waals surface area contributed by atoms with Crippen LogP contribution in [-0.2, 0) is 0 Å². The number of nitrogens with one attached hydrogen (secondary N) is 2. The average Bonchev–Trinajstić information content (AvgIpc) is 1.82. The van der Waals surface area contributed by atoms with E-state index in [2.05, 4.69) is 12.2 Å². The summed E-state index contributed by atoms with van der Waals surface area (Å²) in [6.45, 7) is 2.97. The molecule has 0 aromatic heterocycles. The van der Waals surface area contributed by atoms with Crippen molar-refractivity contribution in [3.63, 3.8) is 0 Å². The van der Waals surface area contributed by atoms with Crippen molar-refractivity contribution in [1.29, 1.82) is 5.41 Å². The Morgan fingerprint density at radius 2 is 2.11 bits per heavy atom. The van der Waals surface area contributed by atoms with Crippen molar-refractivity contribution >= 4 is 5.96 Å². The summed E-state index contributed by atoms with van der Waals surface area (Å²) in [7, 11) is 3.70. The Kier molecular flexibility index (Phi) is 3.84. The van der Waals surface area contributed by atoms with Gasteiger partial charge in [0.15, 0.2) is 5.96 Å². The van der Waals surface area contributed by atoms with Crippen LogP contribution in [-0.4, -0.2) is 31.5 Å². The molecule has 0 amide bonds. The topological polar surface area (TPSA) is 39.1 Å². The van der Waals surface area contributed by atoms with Gasteiger partial charge in [0.2, 0.25) is 0 Å². The summed E-state index contributed by atoms with van der Waals surface area (Å²) in [5, 5.41) is 10.2. The van der Waals surface area contributed by atoms with Gasteiger partial charge in [0.25, 0.3) is 0 Å². The number of nitrogens with zero attached hydrogens (tertiary/aromatic N) is 1. The van der Waals surface area contributed by atoms with Crippen molar-refractivity contribution in [2.45, 2.75) is 13.3 Å². The van der Waals surface area contributed by atoms with Gasteiger partial charge in [0.05, 0.1) is 0 Å². The van der Waals surface area contributed by atoms with Gasteiger partial charge < -0.3 is 10.2 Å². The molecule has 0 bridgehead atoms. The third-order valence-electron chi connectivity index (χ3n) is 0.990. The Morgan fingerprint density at radius 1 is 1.56 bits per heavy atom. The zero-order valence-corrected chi connectivity index (χ0v) is 6.36. The van der Waals surface area contributed by atoms with Crippen LogP contribution in [0.15, 0.2) is 0 Å². The van der Waals surface area contributed by atoms with Crippen molar-refractivity contribution in [1.82, 2.24) is 10.2 Å². The van der Waals surface area contributed by atoms with Gasteiger partial charge in [-0.15, -0.1) is 0 Å². The van der Waals surface area contributed by atoms with Crippen molar-refractivity contribution in [2.75, 3.05) is 20.6 Å². The highest BCUT2D eigenvalue weighted by molar-refractivity contribution is 5.75. The summed E-state index contributed by atoms with van der Waals surface area (Å²) in [5.41, 5.74) is 0. The maximum Gasteiger partial charge on any atom is 0.190 e. The molecule has 2 N–H and O–H groups in total. The quantitative estimate of drug-likeness (QED) is 0.420. The lowest BCUT2D eigenvalue weighted by Gasteiger charge is -2.13. The molecule has 0 aliphatic rings. The molecule has 0 heterocycles. The van der Waals surface area contributed by atoms with E-state index in [0.29, 0.717) is 5.96 Å². The van der Waals surface area contributed by atoms with Crippen LogP contribution in [0.1, 0.15) is 13.3 Å². The molecule has 0 saturated carbocycles. The van der Waals surface area contributed by atoms with Crippen molar-refractivity contribution in [3.8, 4) is 0 Å². The van der Waals surface area contributed by atoms with Gasteiger partial charge in [-0.25, -0.2) is 0 Å². The molecule has 3 nitrogen and oxygen atoms in total. The first-order valence-corrected chi connectivity index (χ1v) is 3.18. The predicted octanol–water partition coefficient (Wildman–Crippen LogP) is 0.482. The molecule has 0 atom stereocenters. The van der Waals surface area contributed by atoms with E-state index >= 15 is 0 Å². The number of guanidine groups is 1. The number of hydrogen-bond donors (Lipinski definition) is 2. The zero-order valence-electron chi connectivity index (χ0n) is 6.36. The lowest BCUT2D eigenvalue weighted by Crippen LogP contribution is -2.35. The molecule has 0 radical (unpaired) electrons. The summed E-state index contributed by atoms with van der Waals surface area (Å²) in [5.74, 6) is 0.483. The maximum absolute atomic E-state index is 7.26. The molecule has 0 rings (SSSR count). The van der Waals surface area contributed by atoms with E-state index in [0.717, 1.165) is 13.0 Å². The standard InChI is InChI=1S/C6H15N3/c1-4-5-8-6(7)9(2)3/h4-5H2,1-3H3,(H2,7,8). The van der Waals surface area contributed by atoms with Crippen LogP contribution in [0.3, 0.4) is 0 Å². The van der Waals surface area contributed by atoms with Crippen LogP contribution in [0.4, 0.5) is 0 Å². The zero-order chi connectivity index (χ0) is 7.28. The van der Waals surface area contributed by atoms with Crippen LogP contribution < -0.4 is 5.32 Å². The molecule has 0 aliphatic heterocycles. The Labute approximate surface area is 56.6 Å². The van der Waals surface area contributed by atoms with Crippen LogP contribution in [0.25, 0.3) is 0 Å². The van der Waals surface area contributed by atoms with Crippen LogP contribution >= 0.6 is 0 Å². The monoisotopic (exact) mass is 129 g/mol. The van der Waals surface area contributed by atoms with Gasteiger partial charge in [-0.05, 0) is 6.42 Å². The fourth-order valence-corrected chi connectivity index (χ4v) is 0.402. The lowest BCUT2D eigenvalue weighted by molar-refractivity contribution is 0.577. The highest BCUT2D eigenvalue weighted by Crippen LogP contribution is 1.74. The summed E-state index contributed by atoms with van der Waals surface area (Å²) in [4.78, 5) is 1.75. The molecule has 0 saturated heterocycles. The Hall–Kier alpha value is -0.730. The maximum atomic E-state index is 7.26. The third-order valence-corrected chi connectivity index (χ3v) is 0.990. The van der Waals surface area contributed by atoms with E-state index in [-0.39, 0.29) is 0 Å². The normalized spacial score (nSPS) is 8.78. The number of rotatable bonds is 2. The molecule has 0 aromatic rings. The molecule has 0 fully saturated rings. The fraction of sp³-hybridized carbons (Fsp3) is 0.833. The Morgan fingerprint density at radius 3 is 2.44 bits per heavy atom. The van der Waals surface area contributed by atoms with Crippen molar-refractivity contribution < 1.29 is 0 Å². The molecule has 0 unspecified atom stereocenters. The first-order valence-electron chi connectivity index (χ1n) is 3.18. The van der Waals surface area contributed by atoms with Crippen LogP contribution in [0.5, 0.6) is 0 Å². The first-order chi connectivity index (χ1) is 4.18. The summed E-state index contributed by atoms with van der Waals surface area (Å²) in [6.07, 6.45) is 1.07. The minimum atomic E-state index is 0.483. The van der Waals surface area contributed by atoms with E-state index in [9.17, 15) is 0 Å². The van der Waals surface area contributed by atoms with E-state index in [1.165, 1.54) is 0 Å². The molecule has 0 aliphatic carbocycles. The highest BCUT2D eigenvalue weighted by atomic mass is 15.2. The van der Waals surface area contributed by atoms with Gasteiger partial charge in [-0.1, -0.05) is 6.92 Å². The van der Waals surface area contributed by atoms with E-state index in [4.69, 9.17) is 5.41 Å².